The van der Waals surface area contributed by atoms with E-state index >= 15 is 0 Å². The number of nitrogens with one attached hydrogen (secondary N) is 1. The molecule has 1 aliphatic heterocycles. The van der Waals surface area contributed by atoms with Crippen LogP contribution in [-0.4, -0.2) is 42.8 Å². The lowest BCUT2D eigenvalue weighted by molar-refractivity contribution is -0.132. The van der Waals surface area contributed by atoms with Crippen molar-refractivity contribution in [3.8, 4) is 0 Å². The van der Waals surface area contributed by atoms with Crippen LogP contribution < -0.4 is 5.32 Å². The average Bonchev–Trinajstić information content (AvgIpc) is 2.75. The van der Waals surface area contributed by atoms with Crippen LogP contribution in [0.5, 0.6) is 0 Å². The monoisotopic (exact) mass is 276 g/mol. The molecule has 1 unspecified atom stereocenters. The zero-order chi connectivity index (χ0) is 14.1. The van der Waals surface area contributed by atoms with Crippen LogP contribution in [0.3, 0.4) is 0 Å². The molecule has 1 aromatic carbocycles. The summed E-state index contributed by atoms with van der Waals surface area (Å²) in [5.41, 5.74) is 1.30. The van der Waals surface area contributed by atoms with Crippen molar-refractivity contribution in [1.29, 1.82) is 0 Å². The SMILES string of the molecule is O=C1c2ccc(F)cc2CC1CC(=O)N1CCNCC1. The third kappa shape index (κ3) is 2.45. The van der Waals surface area contributed by atoms with Gasteiger partial charge in [0.25, 0.3) is 0 Å². The number of carbonyl (C=O) groups excluding carboxylic acids is 2. The van der Waals surface area contributed by atoms with Gasteiger partial charge in [-0.3, -0.25) is 9.59 Å². The minimum absolute atomic E-state index is 0.0246. The summed E-state index contributed by atoms with van der Waals surface area (Å²) < 4.78 is 13.2. The van der Waals surface area contributed by atoms with Gasteiger partial charge in [-0.05, 0) is 30.2 Å². The molecule has 1 N–H and O–H groups in total. The third-order valence-corrected chi connectivity index (χ3v) is 4.06. The van der Waals surface area contributed by atoms with E-state index in [4.69, 9.17) is 0 Å². The van der Waals surface area contributed by atoms with Gasteiger partial charge < -0.3 is 10.2 Å². The second-order valence-corrected chi connectivity index (χ2v) is 5.40. The summed E-state index contributed by atoms with van der Waals surface area (Å²) in [5.74, 6) is -0.651. The first-order chi connectivity index (χ1) is 9.65. The summed E-state index contributed by atoms with van der Waals surface area (Å²) in [6.07, 6.45) is 0.707. The first kappa shape index (κ1) is 13.2. The summed E-state index contributed by atoms with van der Waals surface area (Å²) in [6.45, 7) is 2.99. The van der Waals surface area contributed by atoms with Crippen LogP contribution in [0.4, 0.5) is 4.39 Å². The van der Waals surface area contributed by atoms with E-state index in [2.05, 4.69) is 5.32 Å². The molecule has 1 fully saturated rings. The Labute approximate surface area is 117 Å². The minimum Gasteiger partial charge on any atom is -0.340 e. The molecule has 1 saturated heterocycles. The van der Waals surface area contributed by atoms with Crippen LogP contribution in [0.25, 0.3) is 0 Å². The number of piperazine rings is 1. The van der Waals surface area contributed by atoms with Gasteiger partial charge in [0.2, 0.25) is 5.91 Å². The van der Waals surface area contributed by atoms with Crippen molar-refractivity contribution in [3.63, 3.8) is 0 Å². The molecule has 2 aliphatic rings. The molecular weight excluding hydrogens is 259 g/mol. The summed E-state index contributed by atoms with van der Waals surface area (Å²) in [6, 6.07) is 4.24. The Morgan fingerprint density at radius 3 is 2.85 bits per heavy atom. The molecule has 106 valence electrons. The fourth-order valence-electron chi connectivity index (χ4n) is 2.97. The van der Waals surface area contributed by atoms with Crippen molar-refractivity contribution < 1.29 is 14.0 Å². The predicted octanol–water partition coefficient (Wildman–Crippen LogP) is 1.00. The van der Waals surface area contributed by atoms with E-state index in [9.17, 15) is 14.0 Å². The predicted molar refractivity (Wildman–Crippen MR) is 72.0 cm³/mol. The van der Waals surface area contributed by atoms with Gasteiger partial charge in [0.15, 0.2) is 5.78 Å². The van der Waals surface area contributed by atoms with Crippen LogP contribution in [0.2, 0.25) is 0 Å². The van der Waals surface area contributed by atoms with Crippen molar-refractivity contribution in [2.45, 2.75) is 12.8 Å². The number of amides is 1. The van der Waals surface area contributed by atoms with Crippen molar-refractivity contribution in [2.24, 2.45) is 5.92 Å². The van der Waals surface area contributed by atoms with E-state index in [1.807, 2.05) is 0 Å². The molecule has 1 aromatic rings. The highest BCUT2D eigenvalue weighted by atomic mass is 19.1. The summed E-state index contributed by atoms with van der Waals surface area (Å²) in [5, 5.41) is 3.19. The topological polar surface area (TPSA) is 49.4 Å². The fourth-order valence-corrected chi connectivity index (χ4v) is 2.97. The van der Waals surface area contributed by atoms with Crippen LogP contribution in [-0.2, 0) is 11.2 Å². The second-order valence-electron chi connectivity index (χ2n) is 5.40. The maximum absolute atomic E-state index is 13.2. The molecule has 1 amide bonds. The molecule has 4 nitrogen and oxygen atoms in total. The van der Waals surface area contributed by atoms with Gasteiger partial charge in [-0.2, -0.15) is 0 Å². The number of hydrogen-bond acceptors (Lipinski definition) is 3. The summed E-state index contributed by atoms with van der Waals surface area (Å²) >= 11 is 0. The highest BCUT2D eigenvalue weighted by Crippen LogP contribution is 2.29. The number of benzene rings is 1. The molecule has 0 radical (unpaired) electrons. The van der Waals surface area contributed by atoms with Gasteiger partial charge in [-0.15, -0.1) is 0 Å². The number of fused-ring (bicyclic) bond motifs is 1. The fraction of sp³-hybridized carbons (Fsp3) is 0.467. The molecule has 5 heteroatoms. The number of halogens is 1. The normalized spacial score (nSPS) is 21.9. The Morgan fingerprint density at radius 1 is 1.35 bits per heavy atom. The number of Topliss-reactive ketones (excluding diaryl/α,β-unsaturated/α-hetero) is 1. The van der Waals surface area contributed by atoms with Crippen molar-refractivity contribution >= 4 is 11.7 Å². The van der Waals surface area contributed by atoms with E-state index in [1.54, 1.807) is 4.90 Å². The largest absolute Gasteiger partial charge is 0.340 e. The van der Waals surface area contributed by atoms with E-state index in [0.29, 0.717) is 25.1 Å². The van der Waals surface area contributed by atoms with Crippen molar-refractivity contribution in [3.05, 3.63) is 35.1 Å². The smallest absolute Gasteiger partial charge is 0.223 e. The van der Waals surface area contributed by atoms with Gasteiger partial charge in [-0.1, -0.05) is 0 Å². The quantitative estimate of drug-likeness (QED) is 0.877. The Hall–Kier alpha value is -1.75. The molecule has 1 aliphatic carbocycles. The number of carbonyl (C=O) groups is 2. The first-order valence-corrected chi connectivity index (χ1v) is 6.96. The maximum Gasteiger partial charge on any atom is 0.223 e. The first-order valence-electron chi connectivity index (χ1n) is 6.96. The lowest BCUT2D eigenvalue weighted by Crippen LogP contribution is -2.47. The molecule has 3 rings (SSSR count). The van der Waals surface area contributed by atoms with E-state index < -0.39 is 0 Å². The lowest BCUT2D eigenvalue weighted by Gasteiger charge is -2.28. The zero-order valence-electron chi connectivity index (χ0n) is 11.2. The maximum atomic E-state index is 13.2. The highest BCUT2D eigenvalue weighted by Gasteiger charge is 2.33. The average molecular weight is 276 g/mol. The highest BCUT2D eigenvalue weighted by molar-refractivity contribution is 6.03. The Bertz CT molecular complexity index is 553. The second kappa shape index (κ2) is 5.32. The number of hydrogen-bond donors (Lipinski definition) is 1. The summed E-state index contributed by atoms with van der Waals surface area (Å²) in [4.78, 5) is 26.2. The van der Waals surface area contributed by atoms with Gasteiger partial charge >= 0.3 is 0 Å². The van der Waals surface area contributed by atoms with E-state index in [1.165, 1.54) is 18.2 Å². The Balaban J connectivity index is 1.68. The molecule has 0 spiro atoms. The Morgan fingerprint density at radius 2 is 2.10 bits per heavy atom. The number of ketones is 1. The van der Waals surface area contributed by atoms with E-state index in [0.717, 1.165) is 18.7 Å². The molecule has 0 saturated carbocycles. The van der Waals surface area contributed by atoms with Gasteiger partial charge in [0.1, 0.15) is 5.82 Å². The number of nitrogens with zero attached hydrogens (tertiary/aromatic N) is 1. The zero-order valence-corrected chi connectivity index (χ0v) is 11.2. The van der Waals surface area contributed by atoms with Crippen molar-refractivity contribution in [1.82, 2.24) is 10.2 Å². The molecule has 0 aromatic heterocycles. The standard InChI is InChI=1S/C15H17FN2O2/c16-12-1-2-13-10(8-12)7-11(15(13)20)9-14(19)18-5-3-17-4-6-18/h1-2,8,11,17H,3-7,9H2. The van der Waals surface area contributed by atoms with Crippen LogP contribution in [0.15, 0.2) is 18.2 Å². The number of rotatable bonds is 2. The molecule has 1 atom stereocenters. The van der Waals surface area contributed by atoms with Crippen molar-refractivity contribution in [2.75, 3.05) is 26.2 Å². The van der Waals surface area contributed by atoms with Crippen LogP contribution in [0.1, 0.15) is 22.3 Å². The molecule has 20 heavy (non-hydrogen) atoms. The molecule has 1 heterocycles. The third-order valence-electron chi connectivity index (χ3n) is 4.06. The molecule has 0 bridgehead atoms. The Kier molecular flexibility index (Phi) is 3.53. The van der Waals surface area contributed by atoms with Gasteiger partial charge in [0, 0.05) is 44.1 Å². The van der Waals surface area contributed by atoms with E-state index in [-0.39, 0.29) is 29.8 Å². The lowest BCUT2D eigenvalue weighted by atomic mass is 10.00. The molecular formula is C15H17FN2O2. The summed E-state index contributed by atoms with van der Waals surface area (Å²) in [7, 11) is 0. The van der Waals surface area contributed by atoms with Gasteiger partial charge in [0.05, 0.1) is 0 Å². The van der Waals surface area contributed by atoms with Gasteiger partial charge in [-0.25, -0.2) is 4.39 Å². The minimum atomic E-state index is -0.328. The van der Waals surface area contributed by atoms with Crippen LogP contribution >= 0.6 is 0 Å². The van der Waals surface area contributed by atoms with Crippen LogP contribution in [0, 0.1) is 11.7 Å².